The van der Waals surface area contributed by atoms with Crippen molar-refractivity contribution in [1.82, 2.24) is 4.90 Å². The molecule has 4 nitrogen and oxygen atoms in total. The smallest absolute Gasteiger partial charge is 0.412 e. The molecule has 0 bridgehead atoms. The zero-order valence-corrected chi connectivity index (χ0v) is 14.5. The summed E-state index contributed by atoms with van der Waals surface area (Å²) in [5.74, 6) is 0.795. The van der Waals surface area contributed by atoms with Gasteiger partial charge in [-0.1, -0.05) is 13.8 Å². The molecule has 20 heavy (non-hydrogen) atoms. The van der Waals surface area contributed by atoms with Gasteiger partial charge in [-0.05, 0) is 47.0 Å². The number of amides is 1. The Morgan fingerprint density at radius 1 is 1.40 bits per heavy atom. The summed E-state index contributed by atoms with van der Waals surface area (Å²) in [4.78, 5) is 14.3. The molecule has 1 aliphatic heterocycles. The van der Waals surface area contributed by atoms with Gasteiger partial charge in [0.1, 0.15) is 11.3 Å². The summed E-state index contributed by atoms with van der Waals surface area (Å²) in [6.45, 7) is 13.6. The third-order valence-corrected chi connectivity index (χ3v) is 3.58. The van der Waals surface area contributed by atoms with Crippen LogP contribution in [0.3, 0.4) is 0 Å². The van der Waals surface area contributed by atoms with Crippen LogP contribution in [-0.2, 0) is 9.47 Å². The maximum Gasteiger partial charge on any atom is 0.412 e. The van der Waals surface area contributed by atoms with Crippen molar-refractivity contribution in [2.24, 2.45) is 5.92 Å². The van der Waals surface area contributed by atoms with E-state index in [4.69, 9.17) is 21.1 Å². The third kappa shape index (κ3) is 4.01. The largest absolute Gasteiger partial charge is 0.444 e. The van der Waals surface area contributed by atoms with Gasteiger partial charge in [0.25, 0.3) is 0 Å². The van der Waals surface area contributed by atoms with E-state index >= 15 is 0 Å². The van der Waals surface area contributed by atoms with Crippen LogP contribution in [0, 0.1) is 5.92 Å². The number of hydrogen-bond acceptors (Lipinski definition) is 3. The molecule has 0 unspecified atom stereocenters. The molecule has 118 valence electrons. The Labute approximate surface area is 127 Å². The minimum Gasteiger partial charge on any atom is -0.444 e. The predicted molar refractivity (Wildman–Crippen MR) is 81.0 cm³/mol. The summed E-state index contributed by atoms with van der Waals surface area (Å²) in [6, 6.07) is -0.0152. The number of carbonyl (C=O) groups is 1. The molecule has 0 aromatic carbocycles. The standard InChI is InChI=1S/C15H28ClNO3/c1-10(2)12-11(8-9-16)19-15(6,7)17(12)13(18)20-14(3,4)5/h10-12H,8-9H2,1-7H3/t11-,12-/m0/s1. The zero-order chi connectivity index (χ0) is 15.7. The predicted octanol–water partition coefficient (Wildman–Crippen LogP) is 4.01. The van der Waals surface area contributed by atoms with Crippen LogP contribution < -0.4 is 0 Å². The summed E-state index contributed by atoms with van der Waals surface area (Å²) in [5, 5.41) is 0. The van der Waals surface area contributed by atoms with Crippen LogP contribution in [0.2, 0.25) is 0 Å². The molecule has 0 radical (unpaired) electrons. The Hall–Kier alpha value is -0.480. The molecule has 0 N–H and O–H groups in total. The first-order valence-corrected chi connectivity index (χ1v) is 7.79. The Bertz CT molecular complexity index is 350. The van der Waals surface area contributed by atoms with Gasteiger partial charge < -0.3 is 9.47 Å². The highest BCUT2D eigenvalue weighted by molar-refractivity contribution is 6.17. The van der Waals surface area contributed by atoms with Gasteiger partial charge in [-0.2, -0.15) is 0 Å². The van der Waals surface area contributed by atoms with Gasteiger partial charge in [0.05, 0.1) is 12.1 Å². The fourth-order valence-electron chi connectivity index (χ4n) is 2.74. The highest BCUT2D eigenvalue weighted by atomic mass is 35.5. The molecule has 1 saturated heterocycles. The van der Waals surface area contributed by atoms with E-state index in [9.17, 15) is 4.79 Å². The molecule has 2 atom stereocenters. The molecule has 1 amide bonds. The van der Waals surface area contributed by atoms with Gasteiger partial charge in [-0.15, -0.1) is 11.6 Å². The van der Waals surface area contributed by atoms with E-state index in [1.165, 1.54) is 0 Å². The van der Waals surface area contributed by atoms with Crippen LogP contribution in [0.1, 0.15) is 54.9 Å². The Morgan fingerprint density at radius 2 is 1.95 bits per heavy atom. The van der Waals surface area contributed by atoms with Crippen molar-refractivity contribution in [2.75, 3.05) is 5.88 Å². The number of alkyl halides is 1. The molecular weight excluding hydrogens is 278 g/mol. The first-order valence-electron chi connectivity index (χ1n) is 7.25. The van der Waals surface area contributed by atoms with Crippen molar-refractivity contribution >= 4 is 17.7 Å². The molecule has 0 aliphatic carbocycles. The van der Waals surface area contributed by atoms with E-state index < -0.39 is 11.3 Å². The average Bonchev–Trinajstić information content (AvgIpc) is 2.47. The first kappa shape index (κ1) is 17.6. The molecule has 5 heteroatoms. The Balaban J connectivity index is 3.02. The molecule has 0 spiro atoms. The van der Waals surface area contributed by atoms with Gasteiger partial charge in [0.15, 0.2) is 0 Å². The quantitative estimate of drug-likeness (QED) is 0.739. The summed E-state index contributed by atoms with van der Waals surface area (Å²) in [5.41, 5.74) is -1.19. The third-order valence-electron chi connectivity index (χ3n) is 3.37. The van der Waals surface area contributed by atoms with Gasteiger partial charge in [0.2, 0.25) is 0 Å². The maximum atomic E-state index is 12.5. The molecular formula is C15H28ClNO3. The normalized spacial score (nSPS) is 26.1. The molecule has 1 fully saturated rings. The molecule has 0 aromatic heterocycles. The lowest BCUT2D eigenvalue weighted by Crippen LogP contribution is -2.52. The van der Waals surface area contributed by atoms with Crippen LogP contribution in [-0.4, -0.2) is 40.3 Å². The molecule has 1 heterocycles. The monoisotopic (exact) mass is 305 g/mol. The molecule has 1 aliphatic rings. The fraction of sp³-hybridized carbons (Fsp3) is 0.933. The Morgan fingerprint density at radius 3 is 2.35 bits per heavy atom. The number of halogens is 1. The minimum atomic E-state index is -0.673. The van der Waals surface area contributed by atoms with Crippen LogP contribution >= 0.6 is 11.6 Å². The summed E-state index contributed by atoms with van der Waals surface area (Å²) in [6.07, 6.45) is 0.362. The molecule has 1 rings (SSSR count). The highest BCUT2D eigenvalue weighted by Gasteiger charge is 2.51. The molecule has 0 aromatic rings. The van der Waals surface area contributed by atoms with E-state index in [0.717, 1.165) is 6.42 Å². The number of nitrogens with zero attached hydrogens (tertiary/aromatic N) is 1. The number of hydrogen-bond donors (Lipinski definition) is 0. The van der Waals surface area contributed by atoms with Crippen molar-refractivity contribution in [3.8, 4) is 0 Å². The fourth-order valence-corrected chi connectivity index (χ4v) is 2.95. The van der Waals surface area contributed by atoms with Crippen LogP contribution in [0.4, 0.5) is 4.79 Å². The first-order chi connectivity index (χ1) is 8.99. The van der Waals surface area contributed by atoms with E-state index in [1.54, 1.807) is 4.90 Å². The van der Waals surface area contributed by atoms with Crippen molar-refractivity contribution < 1.29 is 14.3 Å². The lowest BCUT2D eigenvalue weighted by molar-refractivity contribution is -0.0793. The van der Waals surface area contributed by atoms with E-state index in [0.29, 0.717) is 5.88 Å². The van der Waals surface area contributed by atoms with Crippen molar-refractivity contribution in [2.45, 2.75) is 78.4 Å². The van der Waals surface area contributed by atoms with Gasteiger partial charge >= 0.3 is 6.09 Å². The average molecular weight is 306 g/mol. The summed E-state index contributed by atoms with van der Waals surface area (Å²) >= 11 is 5.86. The topological polar surface area (TPSA) is 38.8 Å². The number of ether oxygens (including phenoxy) is 2. The van der Waals surface area contributed by atoms with Crippen molar-refractivity contribution in [3.63, 3.8) is 0 Å². The lowest BCUT2D eigenvalue weighted by Gasteiger charge is -2.36. The Kier molecular flexibility index (Phi) is 5.36. The lowest BCUT2D eigenvalue weighted by atomic mass is 9.96. The number of carbonyl (C=O) groups excluding carboxylic acids is 1. The van der Waals surface area contributed by atoms with E-state index in [1.807, 2.05) is 34.6 Å². The SMILES string of the molecule is CC(C)[C@H]1[C@H](CCCl)OC(C)(C)N1C(=O)OC(C)(C)C. The van der Waals surface area contributed by atoms with E-state index in [-0.39, 0.29) is 24.2 Å². The highest BCUT2D eigenvalue weighted by Crippen LogP contribution is 2.38. The van der Waals surface area contributed by atoms with Gasteiger partial charge in [-0.25, -0.2) is 4.79 Å². The van der Waals surface area contributed by atoms with Crippen LogP contribution in [0.15, 0.2) is 0 Å². The van der Waals surface area contributed by atoms with Crippen molar-refractivity contribution in [1.29, 1.82) is 0 Å². The minimum absolute atomic E-state index is 0.0152. The van der Waals surface area contributed by atoms with Crippen LogP contribution in [0.25, 0.3) is 0 Å². The summed E-state index contributed by atoms with van der Waals surface area (Å²) in [7, 11) is 0. The van der Waals surface area contributed by atoms with Crippen molar-refractivity contribution in [3.05, 3.63) is 0 Å². The summed E-state index contributed by atoms with van der Waals surface area (Å²) < 4.78 is 11.6. The second-order valence-electron chi connectivity index (χ2n) is 7.17. The zero-order valence-electron chi connectivity index (χ0n) is 13.7. The van der Waals surface area contributed by atoms with Crippen LogP contribution in [0.5, 0.6) is 0 Å². The van der Waals surface area contributed by atoms with E-state index in [2.05, 4.69) is 13.8 Å². The van der Waals surface area contributed by atoms with Gasteiger partial charge in [0, 0.05) is 5.88 Å². The number of rotatable bonds is 3. The van der Waals surface area contributed by atoms with Gasteiger partial charge in [-0.3, -0.25) is 4.90 Å². The second kappa shape index (κ2) is 6.10. The molecule has 0 saturated carbocycles. The maximum absolute atomic E-state index is 12.5. The second-order valence-corrected chi connectivity index (χ2v) is 7.54.